The average Bonchev–Trinajstić information content (AvgIpc) is 2.30. The lowest BCUT2D eigenvalue weighted by molar-refractivity contribution is 0.412. The lowest BCUT2D eigenvalue weighted by Crippen LogP contribution is -2.27. The highest BCUT2D eigenvalue weighted by molar-refractivity contribution is 5.30. The lowest BCUT2D eigenvalue weighted by Gasteiger charge is -2.18. The molecule has 0 aliphatic carbocycles. The Morgan fingerprint density at radius 2 is 1.88 bits per heavy atom. The van der Waals surface area contributed by atoms with Crippen LogP contribution in [0.4, 0.5) is 0 Å². The van der Waals surface area contributed by atoms with Crippen molar-refractivity contribution in [3.63, 3.8) is 0 Å². The molecule has 0 heterocycles. The van der Waals surface area contributed by atoms with Gasteiger partial charge in [-0.15, -0.1) is 0 Å². The summed E-state index contributed by atoms with van der Waals surface area (Å²) in [4.78, 5) is 0. The van der Waals surface area contributed by atoms with Gasteiger partial charge in [0.05, 0.1) is 0 Å². The molecule has 0 spiro atoms. The highest BCUT2D eigenvalue weighted by atomic mass is 14.9. The number of benzene rings is 1. The molecule has 1 heteroatoms. The summed E-state index contributed by atoms with van der Waals surface area (Å²) < 4.78 is 0. The van der Waals surface area contributed by atoms with Crippen molar-refractivity contribution in [3.8, 4) is 0 Å². The molecule has 96 valence electrons. The zero-order valence-corrected chi connectivity index (χ0v) is 12.0. The fourth-order valence-electron chi connectivity index (χ4n) is 2.13. The fourth-order valence-corrected chi connectivity index (χ4v) is 2.13. The van der Waals surface area contributed by atoms with Gasteiger partial charge in [0.15, 0.2) is 0 Å². The van der Waals surface area contributed by atoms with E-state index >= 15 is 0 Å². The van der Waals surface area contributed by atoms with Crippen LogP contribution in [0.25, 0.3) is 0 Å². The first kappa shape index (κ1) is 14.2. The van der Waals surface area contributed by atoms with Crippen LogP contribution >= 0.6 is 0 Å². The summed E-state index contributed by atoms with van der Waals surface area (Å²) in [5, 5.41) is 3.63. The highest BCUT2D eigenvalue weighted by Crippen LogP contribution is 2.13. The van der Waals surface area contributed by atoms with E-state index in [1.54, 1.807) is 0 Å². The van der Waals surface area contributed by atoms with Crippen LogP contribution in [-0.2, 0) is 6.54 Å². The van der Waals surface area contributed by atoms with Crippen molar-refractivity contribution in [1.82, 2.24) is 5.32 Å². The Kier molecular flexibility index (Phi) is 5.70. The molecular weight excluding hydrogens is 206 g/mol. The van der Waals surface area contributed by atoms with Gasteiger partial charge < -0.3 is 5.32 Å². The van der Waals surface area contributed by atoms with Gasteiger partial charge >= 0.3 is 0 Å². The Morgan fingerprint density at radius 3 is 2.53 bits per heavy atom. The van der Waals surface area contributed by atoms with Gasteiger partial charge in [0.25, 0.3) is 0 Å². The topological polar surface area (TPSA) is 12.0 Å². The van der Waals surface area contributed by atoms with E-state index in [9.17, 15) is 0 Å². The Morgan fingerprint density at radius 1 is 1.18 bits per heavy atom. The van der Waals surface area contributed by atoms with Crippen molar-refractivity contribution >= 4 is 0 Å². The van der Waals surface area contributed by atoms with E-state index in [-0.39, 0.29) is 0 Å². The van der Waals surface area contributed by atoms with Crippen molar-refractivity contribution in [2.45, 2.75) is 60.0 Å². The monoisotopic (exact) mass is 233 g/mol. The van der Waals surface area contributed by atoms with Gasteiger partial charge in [-0.1, -0.05) is 44.0 Å². The van der Waals surface area contributed by atoms with Crippen LogP contribution in [0.1, 0.15) is 50.3 Å². The third kappa shape index (κ3) is 4.91. The summed E-state index contributed by atoms with van der Waals surface area (Å²) in [6, 6.07) is 7.29. The molecule has 1 N–H and O–H groups in total. The summed E-state index contributed by atoms with van der Waals surface area (Å²) in [6.07, 6.45) is 2.54. The number of rotatable bonds is 6. The molecule has 0 saturated heterocycles. The summed E-state index contributed by atoms with van der Waals surface area (Å²) in [5.41, 5.74) is 4.17. The van der Waals surface area contributed by atoms with Crippen molar-refractivity contribution in [2.75, 3.05) is 0 Å². The van der Waals surface area contributed by atoms with Gasteiger partial charge in [-0.2, -0.15) is 0 Å². The predicted molar refractivity (Wildman–Crippen MR) is 76.3 cm³/mol. The molecule has 0 aliphatic rings. The summed E-state index contributed by atoms with van der Waals surface area (Å²) in [5.74, 6) is 0.816. The molecule has 2 unspecified atom stereocenters. The minimum Gasteiger partial charge on any atom is -0.310 e. The fraction of sp³-hybridized carbons (Fsp3) is 0.625. The zero-order chi connectivity index (χ0) is 12.8. The molecule has 0 bridgehead atoms. The van der Waals surface area contributed by atoms with E-state index < -0.39 is 0 Å². The van der Waals surface area contributed by atoms with E-state index in [0.717, 1.165) is 12.5 Å². The van der Waals surface area contributed by atoms with Crippen LogP contribution in [0.2, 0.25) is 0 Å². The van der Waals surface area contributed by atoms with Crippen LogP contribution in [-0.4, -0.2) is 6.04 Å². The van der Waals surface area contributed by atoms with E-state index in [4.69, 9.17) is 0 Å². The predicted octanol–water partition coefficient (Wildman–Crippen LogP) is 4.22. The standard InChI is InChI=1S/C16H27N/c1-6-12(2)9-15(5)17-11-16-10-13(3)7-8-14(16)4/h7-8,10,12,15,17H,6,9,11H2,1-5H3. The van der Waals surface area contributed by atoms with Crippen molar-refractivity contribution < 1.29 is 0 Å². The first-order valence-corrected chi connectivity index (χ1v) is 6.82. The van der Waals surface area contributed by atoms with E-state index in [1.165, 1.54) is 29.5 Å². The Hall–Kier alpha value is -0.820. The second-order valence-corrected chi connectivity index (χ2v) is 5.46. The Balaban J connectivity index is 2.47. The van der Waals surface area contributed by atoms with Crippen LogP contribution in [0.3, 0.4) is 0 Å². The molecule has 1 nitrogen and oxygen atoms in total. The first-order chi connectivity index (χ1) is 8.02. The SMILES string of the molecule is CCC(C)CC(C)NCc1cc(C)ccc1C. The number of hydrogen-bond acceptors (Lipinski definition) is 1. The maximum atomic E-state index is 3.63. The molecule has 1 aromatic rings. The molecule has 0 fully saturated rings. The third-order valence-electron chi connectivity index (χ3n) is 3.60. The van der Waals surface area contributed by atoms with Crippen LogP contribution in [0, 0.1) is 19.8 Å². The molecule has 0 radical (unpaired) electrons. The molecule has 0 aliphatic heterocycles. The molecule has 0 amide bonds. The number of hydrogen-bond donors (Lipinski definition) is 1. The van der Waals surface area contributed by atoms with E-state index in [1.807, 2.05) is 0 Å². The molecule has 17 heavy (non-hydrogen) atoms. The Labute approximate surface area is 107 Å². The van der Waals surface area contributed by atoms with Gasteiger partial charge in [-0.05, 0) is 44.2 Å². The van der Waals surface area contributed by atoms with Crippen LogP contribution in [0.15, 0.2) is 18.2 Å². The van der Waals surface area contributed by atoms with Crippen molar-refractivity contribution in [2.24, 2.45) is 5.92 Å². The largest absolute Gasteiger partial charge is 0.310 e. The highest BCUT2D eigenvalue weighted by Gasteiger charge is 2.07. The smallest absolute Gasteiger partial charge is 0.0210 e. The minimum absolute atomic E-state index is 0.602. The third-order valence-corrected chi connectivity index (χ3v) is 3.60. The van der Waals surface area contributed by atoms with Gasteiger partial charge in [0, 0.05) is 12.6 Å². The Bertz CT molecular complexity index is 343. The lowest BCUT2D eigenvalue weighted by atomic mass is 10.00. The maximum Gasteiger partial charge on any atom is 0.0210 e. The number of aryl methyl sites for hydroxylation is 2. The average molecular weight is 233 g/mol. The maximum absolute atomic E-state index is 3.63. The summed E-state index contributed by atoms with van der Waals surface area (Å²) in [6.45, 7) is 12.2. The molecule has 2 atom stereocenters. The minimum atomic E-state index is 0.602. The normalized spacial score (nSPS) is 14.6. The molecule has 0 saturated carbocycles. The molecular formula is C16H27N. The van der Waals surface area contributed by atoms with Gasteiger partial charge in [-0.3, -0.25) is 0 Å². The van der Waals surface area contributed by atoms with Crippen molar-refractivity contribution in [1.29, 1.82) is 0 Å². The summed E-state index contributed by atoms with van der Waals surface area (Å²) >= 11 is 0. The van der Waals surface area contributed by atoms with Crippen LogP contribution < -0.4 is 5.32 Å². The van der Waals surface area contributed by atoms with Gasteiger partial charge in [0.2, 0.25) is 0 Å². The first-order valence-electron chi connectivity index (χ1n) is 6.82. The summed E-state index contributed by atoms with van der Waals surface area (Å²) in [7, 11) is 0. The molecule has 1 aromatic carbocycles. The second-order valence-electron chi connectivity index (χ2n) is 5.46. The van der Waals surface area contributed by atoms with Crippen LogP contribution in [0.5, 0.6) is 0 Å². The van der Waals surface area contributed by atoms with Crippen molar-refractivity contribution in [3.05, 3.63) is 34.9 Å². The molecule has 0 aromatic heterocycles. The van der Waals surface area contributed by atoms with E-state index in [2.05, 4.69) is 58.1 Å². The quantitative estimate of drug-likeness (QED) is 0.776. The van der Waals surface area contributed by atoms with E-state index in [0.29, 0.717) is 6.04 Å². The van der Waals surface area contributed by atoms with Gasteiger partial charge in [0.1, 0.15) is 0 Å². The zero-order valence-electron chi connectivity index (χ0n) is 12.0. The number of nitrogens with one attached hydrogen (secondary N) is 1. The molecule has 1 rings (SSSR count). The van der Waals surface area contributed by atoms with Gasteiger partial charge in [-0.25, -0.2) is 0 Å². The second kappa shape index (κ2) is 6.80.